The highest BCUT2D eigenvalue weighted by Crippen LogP contribution is 2.26. The molecule has 1 heterocycles. The fourth-order valence-electron chi connectivity index (χ4n) is 2.23. The van der Waals surface area contributed by atoms with Crippen molar-refractivity contribution in [1.82, 2.24) is 15.0 Å². The number of rotatable bonds is 12. The van der Waals surface area contributed by atoms with E-state index in [0.29, 0.717) is 12.2 Å². The molecule has 1 aromatic rings. The van der Waals surface area contributed by atoms with E-state index >= 15 is 0 Å². The van der Waals surface area contributed by atoms with Crippen LogP contribution in [0.15, 0.2) is 29.5 Å². The average Bonchev–Trinajstić information content (AvgIpc) is 2.94. The fourth-order valence-corrected chi connectivity index (χ4v) is 2.81. The Kier molecular flexibility index (Phi) is 9.91. The molecule has 0 saturated carbocycles. The van der Waals surface area contributed by atoms with E-state index in [9.17, 15) is 9.13 Å². The smallest absolute Gasteiger partial charge is 0.259 e. The number of allylic oxidation sites excluding steroid dienone is 4. The van der Waals surface area contributed by atoms with E-state index < -0.39 is 23.2 Å². The molecule has 0 aromatic carbocycles. The molecular weight excluding hydrogens is 360 g/mol. The summed E-state index contributed by atoms with van der Waals surface area (Å²) >= 11 is 0. The Balaban J connectivity index is 2.51. The van der Waals surface area contributed by atoms with Gasteiger partial charge in [-0.1, -0.05) is 28.5 Å². The standard InChI is InChI=1S/C16H25N3O4P2/c1-13(2)7-5-8-14(3)9-6-10-19-12-15(17-18-19)11-16(4,22-24-20)23-25-21/h7,9,12H,5-6,8,10-11H2,1-4H3/b14-9+. The first kappa shape index (κ1) is 21.8. The van der Waals surface area contributed by atoms with Gasteiger partial charge in [-0.25, -0.2) is 9.13 Å². The van der Waals surface area contributed by atoms with Gasteiger partial charge in [0.1, 0.15) is 0 Å². The second-order valence-electron chi connectivity index (χ2n) is 6.27. The summed E-state index contributed by atoms with van der Waals surface area (Å²) < 4.78 is 32.9. The summed E-state index contributed by atoms with van der Waals surface area (Å²) in [5.74, 6) is -1.28. The summed E-state index contributed by atoms with van der Waals surface area (Å²) in [4.78, 5) is 0. The van der Waals surface area contributed by atoms with E-state index in [2.05, 4.69) is 43.2 Å². The van der Waals surface area contributed by atoms with Crippen LogP contribution >= 0.6 is 17.4 Å². The predicted molar refractivity (Wildman–Crippen MR) is 96.6 cm³/mol. The maximum Gasteiger partial charge on any atom is 0.330 e. The predicted octanol–water partition coefficient (Wildman–Crippen LogP) is 5.07. The van der Waals surface area contributed by atoms with Crippen molar-refractivity contribution >= 4 is 17.4 Å². The van der Waals surface area contributed by atoms with E-state index in [-0.39, 0.29) is 6.42 Å². The molecule has 0 saturated heterocycles. The van der Waals surface area contributed by atoms with Gasteiger partial charge in [0.05, 0.1) is 5.69 Å². The molecule has 1 rings (SSSR count). The highest BCUT2D eigenvalue weighted by Gasteiger charge is 2.29. The molecule has 0 N–H and O–H groups in total. The monoisotopic (exact) mass is 385 g/mol. The van der Waals surface area contributed by atoms with Crippen molar-refractivity contribution in [3.05, 3.63) is 35.2 Å². The van der Waals surface area contributed by atoms with Crippen LogP contribution in [0.3, 0.4) is 0 Å². The molecule has 0 radical (unpaired) electrons. The van der Waals surface area contributed by atoms with Crippen molar-refractivity contribution in [3.8, 4) is 0 Å². The van der Waals surface area contributed by atoms with Crippen molar-refractivity contribution in [1.29, 1.82) is 0 Å². The first-order chi connectivity index (χ1) is 11.9. The molecule has 0 aliphatic heterocycles. The molecule has 9 heteroatoms. The third-order valence-electron chi connectivity index (χ3n) is 3.49. The van der Waals surface area contributed by atoms with Crippen molar-refractivity contribution in [2.75, 3.05) is 0 Å². The van der Waals surface area contributed by atoms with Crippen molar-refractivity contribution in [2.45, 2.75) is 65.7 Å². The number of hydrogen-bond acceptors (Lipinski definition) is 6. The Hall–Kier alpha value is -1.26. The van der Waals surface area contributed by atoms with Gasteiger partial charge < -0.3 is 0 Å². The van der Waals surface area contributed by atoms with Crippen LogP contribution in [0, 0.1) is 0 Å². The molecule has 25 heavy (non-hydrogen) atoms. The van der Waals surface area contributed by atoms with E-state index in [0.717, 1.165) is 19.3 Å². The van der Waals surface area contributed by atoms with Crippen LogP contribution in [-0.4, -0.2) is 20.8 Å². The van der Waals surface area contributed by atoms with Gasteiger partial charge in [-0.3, -0.25) is 13.7 Å². The van der Waals surface area contributed by atoms with Gasteiger partial charge in [-0.05, 0) is 47.0 Å². The largest absolute Gasteiger partial charge is 0.330 e. The maximum absolute atomic E-state index is 10.6. The van der Waals surface area contributed by atoms with Crippen LogP contribution in [0.1, 0.15) is 52.7 Å². The van der Waals surface area contributed by atoms with E-state index in [1.54, 1.807) is 17.8 Å². The lowest BCUT2D eigenvalue weighted by Crippen LogP contribution is -2.29. The zero-order valence-corrected chi connectivity index (χ0v) is 16.9. The summed E-state index contributed by atoms with van der Waals surface area (Å²) in [7, 11) is -1.10. The SMILES string of the molecule is CC(C)=CCC/C(C)=C/CCn1cc(CC(C)(OP=O)OP=O)nn1. The van der Waals surface area contributed by atoms with Crippen molar-refractivity contribution in [3.63, 3.8) is 0 Å². The van der Waals surface area contributed by atoms with Gasteiger partial charge in [-0.2, -0.15) is 0 Å². The molecule has 0 aliphatic carbocycles. The Morgan fingerprint density at radius 3 is 2.48 bits per heavy atom. The summed E-state index contributed by atoms with van der Waals surface area (Å²) in [6.45, 7) is 8.60. The molecule has 0 fully saturated rings. The van der Waals surface area contributed by atoms with Gasteiger partial charge in [0.25, 0.3) is 0 Å². The van der Waals surface area contributed by atoms with Crippen LogP contribution in [-0.2, 0) is 31.1 Å². The molecule has 7 nitrogen and oxygen atoms in total. The van der Waals surface area contributed by atoms with Crippen LogP contribution in [0.4, 0.5) is 0 Å². The maximum atomic E-state index is 10.6. The summed E-state index contributed by atoms with van der Waals surface area (Å²) in [6, 6.07) is 0. The lowest BCUT2D eigenvalue weighted by atomic mass is 10.1. The first-order valence-corrected chi connectivity index (χ1v) is 9.54. The Labute approximate surface area is 152 Å². The summed E-state index contributed by atoms with van der Waals surface area (Å²) in [5.41, 5.74) is 3.31. The highest BCUT2D eigenvalue weighted by atomic mass is 31.1. The normalized spacial score (nSPS) is 14.6. The van der Waals surface area contributed by atoms with Gasteiger partial charge in [0.2, 0.25) is 0 Å². The minimum Gasteiger partial charge on any atom is -0.259 e. The van der Waals surface area contributed by atoms with E-state index in [4.69, 9.17) is 9.05 Å². The van der Waals surface area contributed by atoms with Crippen molar-refractivity contribution in [2.24, 2.45) is 0 Å². The minimum absolute atomic E-state index is 0.190. The molecule has 0 unspecified atom stereocenters. The number of aryl methyl sites for hydroxylation is 1. The number of nitrogens with zero attached hydrogens (tertiary/aromatic N) is 3. The zero-order chi connectivity index (χ0) is 18.7. The van der Waals surface area contributed by atoms with Gasteiger partial charge in [0, 0.05) is 19.2 Å². The molecule has 0 bridgehead atoms. The van der Waals surface area contributed by atoms with Crippen molar-refractivity contribution < 1.29 is 18.2 Å². The first-order valence-electron chi connectivity index (χ1n) is 8.08. The van der Waals surface area contributed by atoms with Crippen LogP contribution in [0.2, 0.25) is 0 Å². The number of aromatic nitrogens is 3. The summed E-state index contributed by atoms with van der Waals surface area (Å²) in [5, 5.41) is 8.11. The third kappa shape index (κ3) is 9.13. The Bertz CT molecular complexity index is 615. The highest BCUT2D eigenvalue weighted by molar-refractivity contribution is 7.18. The van der Waals surface area contributed by atoms with Gasteiger partial charge >= 0.3 is 17.4 Å². The molecular formula is C16H25N3O4P2. The molecule has 0 spiro atoms. The van der Waals surface area contributed by atoms with E-state index in [1.807, 2.05) is 0 Å². The molecule has 0 aliphatic rings. The Morgan fingerprint density at radius 2 is 1.88 bits per heavy atom. The van der Waals surface area contributed by atoms with Crippen LogP contribution in [0.25, 0.3) is 0 Å². The lowest BCUT2D eigenvalue weighted by molar-refractivity contribution is -0.0805. The van der Waals surface area contributed by atoms with Gasteiger partial charge in [0.15, 0.2) is 5.79 Å². The lowest BCUT2D eigenvalue weighted by Gasteiger charge is -2.20. The molecule has 138 valence electrons. The second-order valence-corrected chi connectivity index (χ2v) is 6.94. The molecule has 0 amide bonds. The second kappa shape index (κ2) is 11.4. The third-order valence-corrected chi connectivity index (χ3v) is 4.41. The zero-order valence-electron chi connectivity index (χ0n) is 15.1. The quantitative estimate of drug-likeness (QED) is 0.284. The molecule has 0 atom stereocenters. The minimum atomic E-state index is -1.28. The van der Waals surface area contributed by atoms with Gasteiger partial charge in [-0.15, -0.1) is 5.10 Å². The van der Waals surface area contributed by atoms with E-state index in [1.165, 1.54) is 11.1 Å². The topological polar surface area (TPSA) is 83.3 Å². The Morgan fingerprint density at radius 1 is 1.20 bits per heavy atom. The number of hydrogen-bond donors (Lipinski definition) is 0. The molecule has 1 aromatic heterocycles. The fraction of sp³-hybridized carbons (Fsp3) is 0.625. The average molecular weight is 385 g/mol. The van der Waals surface area contributed by atoms with Crippen LogP contribution in [0.5, 0.6) is 0 Å². The van der Waals surface area contributed by atoms with Crippen LogP contribution < -0.4 is 0 Å². The summed E-state index contributed by atoms with van der Waals surface area (Å²) in [6.07, 6.45) is 9.41.